The highest BCUT2D eigenvalue weighted by Gasteiger charge is 2.20. The molecule has 0 bridgehead atoms. The molecule has 2 nitrogen and oxygen atoms in total. The number of rotatable bonds is 1. The van der Waals surface area contributed by atoms with Crippen LogP contribution in [0.25, 0.3) is 11.3 Å². The lowest BCUT2D eigenvalue weighted by Gasteiger charge is -1.93. The van der Waals surface area contributed by atoms with Gasteiger partial charge in [0.05, 0.1) is 9.26 Å². The molecule has 0 atom stereocenters. The fraction of sp³-hybridized carbons (Fsp3) is 0.300. The third-order valence-electron chi connectivity index (χ3n) is 2.57. The Kier molecular flexibility index (Phi) is 2.13. The maximum Gasteiger partial charge on any atom is 0.107 e. The molecule has 0 radical (unpaired) electrons. The molecule has 14 heavy (non-hydrogen) atoms. The Morgan fingerprint density at radius 2 is 2.43 bits per heavy atom. The Morgan fingerprint density at radius 3 is 3.14 bits per heavy atom. The van der Waals surface area contributed by atoms with E-state index in [-0.39, 0.29) is 0 Å². The summed E-state index contributed by atoms with van der Waals surface area (Å²) in [6, 6.07) is 2.14. The lowest BCUT2D eigenvalue weighted by molar-refractivity contribution is 0.659. The van der Waals surface area contributed by atoms with E-state index in [4.69, 9.17) is 0 Å². The molecule has 1 aliphatic rings. The summed E-state index contributed by atoms with van der Waals surface area (Å²) >= 11 is 4.16. The maximum absolute atomic E-state index is 4.65. The predicted molar refractivity (Wildman–Crippen MR) is 66.6 cm³/mol. The van der Waals surface area contributed by atoms with E-state index in [1.165, 1.54) is 33.4 Å². The first-order valence-corrected chi connectivity index (χ1v) is 6.66. The van der Waals surface area contributed by atoms with Gasteiger partial charge in [-0.1, -0.05) is 0 Å². The second-order valence-corrected chi connectivity index (χ2v) is 5.31. The second-order valence-electron chi connectivity index (χ2n) is 3.45. The van der Waals surface area contributed by atoms with E-state index in [2.05, 4.69) is 49.2 Å². The molecule has 72 valence electrons. The van der Waals surface area contributed by atoms with Crippen molar-refractivity contribution in [2.24, 2.45) is 0 Å². The summed E-state index contributed by atoms with van der Waals surface area (Å²) in [7, 11) is 0. The average Bonchev–Trinajstić information content (AvgIpc) is 2.84. The van der Waals surface area contributed by atoms with Crippen LogP contribution in [0.2, 0.25) is 0 Å². The first-order valence-electron chi connectivity index (χ1n) is 4.64. The lowest BCUT2D eigenvalue weighted by atomic mass is 10.2. The van der Waals surface area contributed by atoms with Gasteiger partial charge in [0.1, 0.15) is 5.69 Å². The van der Waals surface area contributed by atoms with Crippen LogP contribution < -0.4 is 0 Å². The molecule has 2 aromatic rings. The van der Waals surface area contributed by atoms with Crippen molar-refractivity contribution in [3.63, 3.8) is 0 Å². The van der Waals surface area contributed by atoms with Crippen LogP contribution in [0, 0.1) is 3.57 Å². The fourth-order valence-corrected chi connectivity index (χ4v) is 3.49. The van der Waals surface area contributed by atoms with Crippen molar-refractivity contribution in [1.82, 2.24) is 9.78 Å². The number of nitrogens with zero attached hydrogens (tertiary/aromatic N) is 2. The summed E-state index contributed by atoms with van der Waals surface area (Å²) in [5.74, 6) is 0. The van der Waals surface area contributed by atoms with Crippen molar-refractivity contribution in [1.29, 1.82) is 0 Å². The summed E-state index contributed by atoms with van der Waals surface area (Å²) in [5, 5.41) is 8.92. The summed E-state index contributed by atoms with van der Waals surface area (Å²) in [6.45, 7) is 1.09. The Bertz CT molecular complexity index is 459. The van der Waals surface area contributed by atoms with Crippen molar-refractivity contribution in [2.45, 2.75) is 19.4 Å². The molecule has 0 aliphatic carbocycles. The minimum absolute atomic E-state index is 1.09. The Morgan fingerprint density at radius 1 is 1.50 bits per heavy atom. The zero-order valence-corrected chi connectivity index (χ0v) is 10.5. The van der Waals surface area contributed by atoms with Gasteiger partial charge in [0.25, 0.3) is 0 Å². The van der Waals surface area contributed by atoms with E-state index in [1.807, 2.05) is 0 Å². The van der Waals surface area contributed by atoms with Crippen LogP contribution in [0.5, 0.6) is 0 Å². The van der Waals surface area contributed by atoms with Crippen molar-refractivity contribution >= 4 is 33.9 Å². The van der Waals surface area contributed by atoms with E-state index < -0.39 is 0 Å². The van der Waals surface area contributed by atoms with Crippen LogP contribution >= 0.6 is 33.9 Å². The van der Waals surface area contributed by atoms with Gasteiger partial charge in [-0.15, -0.1) is 0 Å². The first kappa shape index (κ1) is 8.91. The SMILES string of the molecule is Ic1c(-c2ccsc2)nn2c1CCC2. The highest BCUT2D eigenvalue weighted by Crippen LogP contribution is 2.31. The van der Waals surface area contributed by atoms with Crippen LogP contribution in [0.15, 0.2) is 16.8 Å². The van der Waals surface area contributed by atoms with Gasteiger partial charge < -0.3 is 0 Å². The number of aromatic nitrogens is 2. The largest absolute Gasteiger partial charge is 0.268 e. The summed E-state index contributed by atoms with van der Waals surface area (Å²) in [6.07, 6.45) is 2.44. The number of thiophene rings is 1. The Labute approximate surface area is 100 Å². The molecular weight excluding hydrogens is 307 g/mol. The van der Waals surface area contributed by atoms with E-state index in [0.717, 1.165) is 6.54 Å². The van der Waals surface area contributed by atoms with Gasteiger partial charge in [-0.05, 0) is 46.9 Å². The molecule has 3 rings (SSSR count). The smallest absolute Gasteiger partial charge is 0.107 e. The minimum Gasteiger partial charge on any atom is -0.268 e. The van der Waals surface area contributed by atoms with Gasteiger partial charge in [-0.3, -0.25) is 4.68 Å². The highest BCUT2D eigenvalue weighted by atomic mass is 127. The molecule has 2 aromatic heterocycles. The Balaban J connectivity index is 2.17. The average molecular weight is 316 g/mol. The van der Waals surface area contributed by atoms with Crippen molar-refractivity contribution in [3.8, 4) is 11.3 Å². The monoisotopic (exact) mass is 316 g/mol. The van der Waals surface area contributed by atoms with E-state index in [1.54, 1.807) is 11.3 Å². The van der Waals surface area contributed by atoms with Crippen LogP contribution in [0.1, 0.15) is 12.1 Å². The molecule has 3 heterocycles. The number of halogens is 1. The number of hydrogen-bond donors (Lipinski definition) is 0. The molecular formula is C10H9IN2S. The van der Waals surface area contributed by atoms with Crippen molar-refractivity contribution in [2.75, 3.05) is 0 Å². The van der Waals surface area contributed by atoms with Crippen molar-refractivity contribution < 1.29 is 0 Å². The minimum atomic E-state index is 1.09. The molecule has 0 spiro atoms. The van der Waals surface area contributed by atoms with E-state index in [0.29, 0.717) is 0 Å². The lowest BCUT2D eigenvalue weighted by Crippen LogP contribution is -1.93. The summed E-state index contributed by atoms with van der Waals surface area (Å²) < 4.78 is 3.51. The summed E-state index contributed by atoms with van der Waals surface area (Å²) in [5.41, 5.74) is 3.86. The maximum atomic E-state index is 4.65. The quantitative estimate of drug-likeness (QED) is 0.739. The zero-order chi connectivity index (χ0) is 9.54. The molecule has 0 saturated carbocycles. The Hall–Kier alpha value is -0.360. The van der Waals surface area contributed by atoms with Crippen LogP contribution in [-0.2, 0) is 13.0 Å². The van der Waals surface area contributed by atoms with E-state index >= 15 is 0 Å². The summed E-state index contributed by atoms with van der Waals surface area (Å²) in [4.78, 5) is 0. The third kappa shape index (κ3) is 1.24. The molecule has 0 aromatic carbocycles. The molecule has 0 unspecified atom stereocenters. The third-order valence-corrected chi connectivity index (χ3v) is 4.39. The highest BCUT2D eigenvalue weighted by molar-refractivity contribution is 14.1. The van der Waals surface area contributed by atoms with E-state index in [9.17, 15) is 0 Å². The van der Waals surface area contributed by atoms with Crippen LogP contribution in [-0.4, -0.2) is 9.78 Å². The standard InChI is InChI=1S/C10H9IN2S/c11-9-8-2-1-4-13(8)12-10(9)7-3-5-14-6-7/h3,5-6H,1-2,4H2. The number of hydrogen-bond acceptors (Lipinski definition) is 2. The van der Waals surface area contributed by atoms with Gasteiger partial charge >= 0.3 is 0 Å². The second kappa shape index (κ2) is 3.34. The van der Waals surface area contributed by atoms with Crippen molar-refractivity contribution in [3.05, 3.63) is 26.1 Å². The van der Waals surface area contributed by atoms with Crippen LogP contribution in [0.4, 0.5) is 0 Å². The molecule has 0 N–H and O–H groups in total. The van der Waals surface area contributed by atoms with Crippen LogP contribution in [0.3, 0.4) is 0 Å². The van der Waals surface area contributed by atoms with Gasteiger partial charge in [0, 0.05) is 17.5 Å². The fourth-order valence-electron chi connectivity index (χ4n) is 1.88. The zero-order valence-electron chi connectivity index (χ0n) is 7.53. The van der Waals surface area contributed by atoms with Gasteiger partial charge in [0.15, 0.2) is 0 Å². The molecule has 0 saturated heterocycles. The number of aryl methyl sites for hydroxylation is 1. The topological polar surface area (TPSA) is 17.8 Å². The molecule has 4 heteroatoms. The van der Waals surface area contributed by atoms with Gasteiger partial charge in [0.2, 0.25) is 0 Å². The number of fused-ring (bicyclic) bond motifs is 1. The molecule has 1 aliphatic heterocycles. The first-order chi connectivity index (χ1) is 6.86. The predicted octanol–water partition coefficient (Wildman–Crippen LogP) is 3.16. The normalized spacial score (nSPS) is 14.6. The molecule has 0 amide bonds. The van der Waals surface area contributed by atoms with Gasteiger partial charge in [-0.25, -0.2) is 0 Å². The molecule has 0 fully saturated rings. The van der Waals surface area contributed by atoms with Gasteiger partial charge in [-0.2, -0.15) is 16.4 Å².